The Hall–Kier alpha value is -6.49. The molecule has 5 rings (SSSR count). The second-order valence-corrected chi connectivity index (χ2v) is 17.7. The zero-order valence-electron chi connectivity index (χ0n) is 38.0. The van der Waals surface area contributed by atoms with E-state index in [-0.39, 0.29) is 50.2 Å². The molecule has 11 nitrogen and oxygen atoms in total. The van der Waals surface area contributed by atoms with Gasteiger partial charge in [-0.15, -0.1) is 0 Å². The fraction of sp³-hybridized carbons (Fsp3) is 0.377. The van der Waals surface area contributed by atoms with Gasteiger partial charge in [0.2, 0.25) is 5.91 Å². The third kappa shape index (κ3) is 14.8. The number of alkyl carbamates (subject to hydrolysis) is 1. The van der Waals surface area contributed by atoms with E-state index in [1.54, 1.807) is 33.8 Å². The lowest BCUT2D eigenvalue weighted by molar-refractivity contribution is -0.175. The van der Waals surface area contributed by atoms with Crippen molar-refractivity contribution in [3.05, 3.63) is 150 Å². The number of amides is 2. The first-order chi connectivity index (χ1) is 30.6. The number of nitrogens with one attached hydrogen (secondary N) is 2. The fourth-order valence-electron chi connectivity index (χ4n) is 7.36. The van der Waals surface area contributed by atoms with Crippen molar-refractivity contribution in [1.29, 1.82) is 0 Å². The SMILES string of the molecule is CC(C)C[C@H](OC(=O)[C@H](C)CNC(=O)[C@@H](Cc1ccccc1)NC(=O)OCC1c2ccccc2-c2ccccc21)C(=O)O[C@@H](C/C=C/C(=O)OC(C)(C)C)[C@H](C)/C=C/c1ccccc1. The highest BCUT2D eigenvalue weighted by molar-refractivity contribution is 5.87. The molecular weight excluding hydrogens is 809 g/mol. The van der Waals surface area contributed by atoms with E-state index in [0.717, 1.165) is 33.4 Å². The van der Waals surface area contributed by atoms with E-state index in [1.807, 2.05) is 130 Å². The Balaban J connectivity index is 1.21. The zero-order chi connectivity index (χ0) is 46.2. The van der Waals surface area contributed by atoms with Crippen LogP contribution in [0.2, 0.25) is 0 Å². The molecule has 0 saturated carbocycles. The summed E-state index contributed by atoms with van der Waals surface area (Å²) >= 11 is 0. The Kier molecular flexibility index (Phi) is 17.6. The predicted molar refractivity (Wildman–Crippen MR) is 248 cm³/mol. The lowest BCUT2D eigenvalue weighted by Gasteiger charge is -2.26. The van der Waals surface area contributed by atoms with Gasteiger partial charge in [-0.05, 0) is 66.5 Å². The fourth-order valence-corrected chi connectivity index (χ4v) is 7.36. The van der Waals surface area contributed by atoms with Gasteiger partial charge in [-0.1, -0.05) is 155 Å². The maximum Gasteiger partial charge on any atom is 0.407 e. The van der Waals surface area contributed by atoms with Gasteiger partial charge in [0.15, 0.2) is 6.10 Å². The van der Waals surface area contributed by atoms with Crippen LogP contribution >= 0.6 is 0 Å². The standard InChI is InChI=1S/C53H62N2O9/c1-35(2)31-47(51(59)62-46(27-18-28-48(56)64-53(5,6)7)36(3)29-30-38-19-10-8-11-20-38)63-50(58)37(4)33-54-49(57)45(32-39-21-12-9-13-22-39)55-52(60)61-34-44-42-25-16-14-23-40(42)41-24-15-17-26-43(41)44/h8-26,28-30,35-37,44-47H,27,31-34H2,1-7H3,(H,54,57)(H,55,60)/b28-18+,30-29+/t36-,37-,45-,46+,47+/m1/s1. The molecule has 1 aliphatic carbocycles. The Morgan fingerprint density at radius 3 is 1.94 bits per heavy atom. The topological polar surface area (TPSA) is 146 Å². The lowest BCUT2D eigenvalue weighted by atomic mass is 9.98. The second-order valence-electron chi connectivity index (χ2n) is 17.7. The van der Waals surface area contributed by atoms with Gasteiger partial charge in [0, 0.05) is 37.3 Å². The number of esters is 3. The van der Waals surface area contributed by atoms with E-state index >= 15 is 0 Å². The molecule has 0 saturated heterocycles. The van der Waals surface area contributed by atoms with Crippen LogP contribution in [0.4, 0.5) is 4.79 Å². The molecule has 0 bridgehead atoms. The van der Waals surface area contributed by atoms with Crippen LogP contribution in [0.15, 0.2) is 127 Å². The summed E-state index contributed by atoms with van der Waals surface area (Å²) in [6, 6.07) is 34.0. The number of ether oxygens (including phenoxy) is 4. The van der Waals surface area contributed by atoms with E-state index < -0.39 is 59.7 Å². The van der Waals surface area contributed by atoms with Crippen LogP contribution in [0.5, 0.6) is 0 Å². The van der Waals surface area contributed by atoms with Gasteiger partial charge in [0.05, 0.1) is 5.92 Å². The van der Waals surface area contributed by atoms with Crippen molar-refractivity contribution in [2.75, 3.05) is 13.2 Å². The normalized spacial score (nSPS) is 14.8. The van der Waals surface area contributed by atoms with Crippen molar-refractivity contribution in [2.24, 2.45) is 17.8 Å². The maximum absolute atomic E-state index is 13.8. The molecule has 0 heterocycles. The summed E-state index contributed by atoms with van der Waals surface area (Å²) < 4.78 is 23.0. The molecule has 0 aliphatic heterocycles. The third-order valence-electron chi connectivity index (χ3n) is 10.7. The van der Waals surface area contributed by atoms with Gasteiger partial charge >= 0.3 is 24.0 Å². The summed E-state index contributed by atoms with van der Waals surface area (Å²) in [5.74, 6) is -3.80. The number of carbonyl (C=O) groups excluding carboxylic acids is 5. The molecule has 1 aliphatic rings. The smallest absolute Gasteiger partial charge is 0.407 e. The van der Waals surface area contributed by atoms with Gasteiger partial charge in [-0.2, -0.15) is 0 Å². The summed E-state index contributed by atoms with van der Waals surface area (Å²) in [5, 5.41) is 5.55. The Morgan fingerprint density at radius 1 is 0.734 bits per heavy atom. The van der Waals surface area contributed by atoms with E-state index in [4.69, 9.17) is 18.9 Å². The maximum atomic E-state index is 13.8. The Morgan fingerprint density at radius 2 is 1.33 bits per heavy atom. The minimum absolute atomic E-state index is 0.0380. The summed E-state index contributed by atoms with van der Waals surface area (Å²) in [7, 11) is 0. The predicted octanol–water partition coefficient (Wildman–Crippen LogP) is 9.40. The van der Waals surface area contributed by atoms with Gasteiger partial charge in [-0.3, -0.25) is 9.59 Å². The summed E-state index contributed by atoms with van der Waals surface area (Å²) in [6.07, 6.45) is 4.68. The molecule has 11 heteroatoms. The molecule has 4 aromatic carbocycles. The first kappa shape index (κ1) is 48.5. The van der Waals surface area contributed by atoms with Crippen molar-refractivity contribution >= 4 is 36.0 Å². The Labute approximate surface area is 377 Å². The highest BCUT2D eigenvalue weighted by Gasteiger charge is 2.33. The van der Waals surface area contributed by atoms with Gasteiger partial charge < -0.3 is 29.6 Å². The molecule has 5 atom stereocenters. The minimum atomic E-state index is -1.23. The van der Waals surface area contributed by atoms with Gasteiger partial charge in [-0.25, -0.2) is 14.4 Å². The van der Waals surface area contributed by atoms with Gasteiger partial charge in [0.25, 0.3) is 0 Å². The van der Waals surface area contributed by atoms with Crippen LogP contribution in [0.3, 0.4) is 0 Å². The van der Waals surface area contributed by atoms with Crippen LogP contribution in [0.25, 0.3) is 17.2 Å². The number of carbonyl (C=O) groups is 5. The van der Waals surface area contributed by atoms with Crippen molar-refractivity contribution in [3.63, 3.8) is 0 Å². The van der Waals surface area contributed by atoms with E-state index in [9.17, 15) is 24.0 Å². The molecular formula is C53H62N2O9. The zero-order valence-corrected chi connectivity index (χ0v) is 38.0. The minimum Gasteiger partial charge on any atom is -0.459 e. The number of fused-ring (bicyclic) bond motifs is 3. The van der Waals surface area contributed by atoms with E-state index in [1.165, 1.54) is 6.08 Å². The van der Waals surface area contributed by atoms with Crippen LogP contribution in [-0.2, 0) is 44.5 Å². The van der Waals surface area contributed by atoms with Crippen LogP contribution < -0.4 is 10.6 Å². The van der Waals surface area contributed by atoms with Gasteiger partial charge in [0.1, 0.15) is 24.4 Å². The monoisotopic (exact) mass is 870 g/mol. The molecule has 338 valence electrons. The van der Waals surface area contributed by atoms with Crippen LogP contribution in [0, 0.1) is 17.8 Å². The molecule has 0 fully saturated rings. The van der Waals surface area contributed by atoms with Crippen molar-refractivity contribution in [2.45, 2.75) is 97.5 Å². The first-order valence-corrected chi connectivity index (χ1v) is 22.0. The summed E-state index contributed by atoms with van der Waals surface area (Å²) in [5.41, 5.74) is 5.45. The Bertz CT molecular complexity index is 2200. The molecule has 2 N–H and O–H groups in total. The van der Waals surface area contributed by atoms with Crippen molar-refractivity contribution < 1.29 is 42.9 Å². The van der Waals surface area contributed by atoms with E-state index in [0.29, 0.717) is 0 Å². The molecule has 0 radical (unpaired) electrons. The third-order valence-corrected chi connectivity index (χ3v) is 10.7. The molecule has 64 heavy (non-hydrogen) atoms. The highest BCUT2D eigenvalue weighted by Crippen LogP contribution is 2.44. The molecule has 0 aromatic heterocycles. The highest BCUT2D eigenvalue weighted by atomic mass is 16.6. The number of benzene rings is 4. The average molecular weight is 871 g/mol. The number of hydrogen-bond donors (Lipinski definition) is 2. The molecule has 0 spiro atoms. The summed E-state index contributed by atoms with van der Waals surface area (Å²) in [4.78, 5) is 66.9. The van der Waals surface area contributed by atoms with Crippen LogP contribution in [-0.4, -0.2) is 66.9 Å². The lowest BCUT2D eigenvalue weighted by Crippen LogP contribution is -2.49. The van der Waals surface area contributed by atoms with Crippen molar-refractivity contribution in [3.8, 4) is 11.1 Å². The van der Waals surface area contributed by atoms with Crippen molar-refractivity contribution in [1.82, 2.24) is 10.6 Å². The molecule has 2 amide bonds. The number of hydrogen-bond acceptors (Lipinski definition) is 9. The quantitative estimate of drug-likeness (QED) is 0.0504. The number of rotatable bonds is 20. The molecule has 4 aromatic rings. The average Bonchev–Trinajstić information content (AvgIpc) is 3.58. The molecule has 0 unspecified atom stereocenters. The first-order valence-electron chi connectivity index (χ1n) is 22.0. The van der Waals surface area contributed by atoms with Crippen LogP contribution in [0.1, 0.15) is 89.5 Å². The second kappa shape index (κ2) is 23.3. The van der Waals surface area contributed by atoms with E-state index in [2.05, 4.69) is 22.8 Å². The summed E-state index contributed by atoms with van der Waals surface area (Å²) in [6.45, 7) is 12.6. The largest absolute Gasteiger partial charge is 0.459 e.